The number of hydrogen-bond acceptors (Lipinski definition) is 1. The van der Waals surface area contributed by atoms with Crippen molar-refractivity contribution in [1.82, 2.24) is 9.13 Å². The maximum Gasteiger partial charge on any atom is 0.0406 e. The summed E-state index contributed by atoms with van der Waals surface area (Å²) in [5.74, 6) is 0. The van der Waals surface area contributed by atoms with Gasteiger partial charge in [0, 0.05) is 11.6 Å². The Morgan fingerprint density at radius 2 is 1.41 bits per heavy atom. The quantitative estimate of drug-likeness (QED) is 0.342. The number of hydrogen-bond donors (Lipinski definition) is 1. The number of benzene rings is 3. The van der Waals surface area contributed by atoms with Gasteiger partial charge in [-0.1, -0.05) is 23.7 Å². The first-order chi connectivity index (χ1) is 14.1. The molecule has 2 N–H and O–H groups in total. The molecule has 0 aliphatic carbocycles. The van der Waals surface area contributed by atoms with E-state index in [4.69, 9.17) is 17.3 Å². The maximum atomic E-state index is 5.63. The fourth-order valence-corrected chi connectivity index (χ4v) is 3.68. The second-order valence-corrected chi connectivity index (χ2v) is 8.09. The summed E-state index contributed by atoms with van der Waals surface area (Å²) < 4.78 is 5.76. The van der Waals surface area contributed by atoms with Crippen molar-refractivity contribution in [3.8, 4) is 11.3 Å². The van der Waals surface area contributed by atoms with Gasteiger partial charge in [-0.3, -0.25) is 0 Å². The third-order valence-corrected chi connectivity index (χ3v) is 6.15. The van der Waals surface area contributed by atoms with Crippen molar-refractivity contribution in [3.05, 3.63) is 111 Å². The number of imidazole rings is 1. The second-order valence-electron chi connectivity index (χ2n) is 6.64. The summed E-state index contributed by atoms with van der Waals surface area (Å²) in [6, 6.07) is 28.6. The van der Waals surface area contributed by atoms with Crippen LogP contribution in [0, 0.1) is 3.80 Å². The Labute approximate surface area is 187 Å². The molecule has 0 aliphatic heterocycles. The average molecular weight is 585 g/mol. The molecule has 0 bridgehead atoms. The number of nitrogens with two attached hydrogens (primary N) is 1. The standard InChI is InChI=1S/C17H16N2.C7H8ClN.Pt/c1-18-13-17(16-10-6-3-7-11-16)19(14-18)12-15-8-4-2-5-9-15;8-7-3-1-6(5-9)2-4-7;/h2-11,13H,12H2,1H3;1-4H,5,9H2;. The van der Waals surface area contributed by atoms with Crippen molar-refractivity contribution in [3.63, 3.8) is 0 Å². The van der Waals surface area contributed by atoms with Crippen molar-refractivity contribution >= 4 is 11.6 Å². The van der Waals surface area contributed by atoms with E-state index < -0.39 is 0 Å². The average Bonchev–Trinajstić information content (AvgIpc) is 3.05. The Balaban J connectivity index is 0.000000224. The molecule has 0 spiro atoms. The van der Waals surface area contributed by atoms with Crippen LogP contribution >= 0.6 is 11.6 Å². The number of aromatic nitrogens is 2. The van der Waals surface area contributed by atoms with E-state index in [1.807, 2.05) is 24.3 Å². The van der Waals surface area contributed by atoms with Crippen LogP contribution in [0.5, 0.6) is 0 Å². The third kappa shape index (κ3) is 5.90. The molecule has 0 aliphatic rings. The molecule has 0 fully saturated rings. The van der Waals surface area contributed by atoms with E-state index in [0.29, 0.717) is 6.54 Å². The number of aryl methyl sites for hydroxylation is 1. The van der Waals surface area contributed by atoms with Crippen molar-refractivity contribution < 1.29 is 19.4 Å². The molecule has 1 aromatic heterocycles. The Bertz CT molecular complexity index is 1080. The molecule has 4 aromatic rings. The predicted molar refractivity (Wildman–Crippen MR) is 117 cm³/mol. The molecule has 0 unspecified atom stereocenters. The molecule has 0 saturated carbocycles. The second kappa shape index (κ2) is 10.5. The third-order valence-electron chi connectivity index (χ3n) is 4.48. The molecule has 1 heterocycles. The van der Waals surface area contributed by atoms with E-state index in [1.54, 1.807) is 0 Å². The smallest absolute Gasteiger partial charge is 0.0406 e. The molecular weight excluding hydrogens is 561 g/mol. The van der Waals surface area contributed by atoms with E-state index in [9.17, 15) is 0 Å². The van der Waals surface area contributed by atoms with Gasteiger partial charge in [0.2, 0.25) is 0 Å². The van der Waals surface area contributed by atoms with Crippen LogP contribution in [0.3, 0.4) is 0 Å². The maximum absolute atomic E-state index is 5.63. The van der Waals surface area contributed by atoms with Gasteiger partial charge in [-0.05, 0) is 17.7 Å². The van der Waals surface area contributed by atoms with Crippen LogP contribution in [0.2, 0.25) is 5.02 Å². The Morgan fingerprint density at radius 1 is 0.828 bits per heavy atom. The van der Waals surface area contributed by atoms with Gasteiger partial charge in [-0.25, -0.2) is 0 Å². The van der Waals surface area contributed by atoms with E-state index in [2.05, 4.69) is 102 Å². The Morgan fingerprint density at radius 3 is 2.00 bits per heavy atom. The van der Waals surface area contributed by atoms with E-state index in [0.717, 1.165) is 17.1 Å². The SMILES string of the molecule is Cn1cc(-c2ccccc2)n(Cc2ccccc2)[c]1=[Pt].NCc1ccc(Cl)cc1. The van der Waals surface area contributed by atoms with Gasteiger partial charge in [-0.15, -0.1) is 0 Å². The normalized spacial score (nSPS) is 10.4. The molecule has 3 nitrogen and oxygen atoms in total. The van der Waals surface area contributed by atoms with Crippen LogP contribution in [0.4, 0.5) is 0 Å². The summed E-state index contributed by atoms with van der Waals surface area (Å²) in [6.07, 6.45) is 2.20. The molecule has 5 heteroatoms. The molecular formula is C24H24ClN3Pt. The van der Waals surface area contributed by atoms with Crippen molar-refractivity contribution in [2.45, 2.75) is 13.1 Å². The first kappa shape index (κ1) is 21.5. The molecule has 4 rings (SSSR count). The first-order valence-corrected chi connectivity index (χ1v) is 10.9. The summed E-state index contributed by atoms with van der Waals surface area (Å²) in [7, 11) is 2.09. The fourth-order valence-electron chi connectivity index (χ4n) is 2.96. The van der Waals surface area contributed by atoms with E-state index in [1.165, 1.54) is 20.6 Å². The van der Waals surface area contributed by atoms with E-state index >= 15 is 0 Å². The van der Waals surface area contributed by atoms with Gasteiger partial charge in [0.05, 0.1) is 0 Å². The molecule has 0 amide bonds. The summed E-state index contributed by atoms with van der Waals surface area (Å²) in [5.41, 5.74) is 10.3. The monoisotopic (exact) mass is 584 g/mol. The van der Waals surface area contributed by atoms with Crippen LogP contribution in [-0.4, -0.2) is 9.13 Å². The Hall–Kier alpha value is -2.19. The van der Waals surface area contributed by atoms with Crippen molar-refractivity contribution in [1.29, 1.82) is 0 Å². The summed E-state index contributed by atoms with van der Waals surface area (Å²) in [6.45, 7) is 1.47. The zero-order valence-corrected chi connectivity index (χ0v) is 19.3. The number of halogens is 1. The van der Waals surface area contributed by atoms with Crippen LogP contribution in [0.25, 0.3) is 11.3 Å². The summed E-state index contributed by atoms with van der Waals surface area (Å²) in [4.78, 5) is 0. The van der Waals surface area contributed by atoms with Gasteiger partial charge in [0.25, 0.3) is 0 Å². The van der Waals surface area contributed by atoms with E-state index in [-0.39, 0.29) is 0 Å². The van der Waals surface area contributed by atoms with Gasteiger partial charge in [0.1, 0.15) is 0 Å². The van der Waals surface area contributed by atoms with Crippen LogP contribution in [0.1, 0.15) is 11.1 Å². The fraction of sp³-hybridized carbons (Fsp3) is 0.125. The molecule has 0 radical (unpaired) electrons. The number of nitrogens with zero attached hydrogens (tertiary/aromatic N) is 2. The largest absolute Gasteiger partial charge is 0.326 e. The molecule has 29 heavy (non-hydrogen) atoms. The summed E-state index contributed by atoms with van der Waals surface area (Å²) in [5, 5.41) is 0.757. The zero-order chi connectivity index (χ0) is 20.6. The minimum absolute atomic E-state index is 0.581. The minimum Gasteiger partial charge on any atom is -0.326 e. The van der Waals surface area contributed by atoms with Crippen LogP contribution < -0.4 is 5.73 Å². The predicted octanol–water partition coefficient (Wildman–Crippen LogP) is 5.42. The molecule has 152 valence electrons. The molecule has 3 aromatic carbocycles. The number of rotatable bonds is 4. The topological polar surface area (TPSA) is 35.9 Å². The van der Waals surface area contributed by atoms with Gasteiger partial charge >= 0.3 is 130 Å². The molecule has 0 atom stereocenters. The van der Waals surface area contributed by atoms with Gasteiger partial charge < -0.3 is 5.73 Å². The van der Waals surface area contributed by atoms with Crippen molar-refractivity contribution in [2.75, 3.05) is 0 Å². The van der Waals surface area contributed by atoms with Crippen LogP contribution in [0.15, 0.2) is 91.1 Å². The van der Waals surface area contributed by atoms with Crippen LogP contribution in [-0.2, 0) is 39.5 Å². The van der Waals surface area contributed by atoms with Crippen molar-refractivity contribution in [2.24, 2.45) is 12.8 Å². The van der Waals surface area contributed by atoms with Gasteiger partial charge in [-0.2, -0.15) is 0 Å². The minimum atomic E-state index is 0.581. The van der Waals surface area contributed by atoms with Gasteiger partial charge in [0.15, 0.2) is 0 Å². The Kier molecular flexibility index (Phi) is 7.82. The first-order valence-electron chi connectivity index (χ1n) is 9.34. The molecule has 0 saturated heterocycles. The zero-order valence-electron chi connectivity index (χ0n) is 16.2. The summed E-state index contributed by atoms with van der Waals surface area (Å²) >= 11 is 8.02.